The number of nitrogens with one attached hydrogen (secondary N) is 1. The molecule has 2 aromatic carbocycles. The van der Waals surface area contributed by atoms with Crippen molar-refractivity contribution in [1.29, 1.82) is 0 Å². The second-order valence-electron chi connectivity index (χ2n) is 4.23. The van der Waals surface area contributed by atoms with Gasteiger partial charge in [-0.2, -0.15) is 13.2 Å². The number of amides is 1. The van der Waals surface area contributed by atoms with Crippen molar-refractivity contribution in [1.82, 2.24) is 0 Å². The minimum Gasteiger partial charge on any atom is -0.397 e. The van der Waals surface area contributed by atoms with Crippen LogP contribution in [0.1, 0.15) is 15.9 Å². The molecule has 3 N–H and O–H groups in total. The van der Waals surface area contributed by atoms with E-state index in [9.17, 15) is 18.0 Å². The largest absolute Gasteiger partial charge is 0.416 e. The predicted octanol–water partition coefficient (Wildman–Crippen LogP) is 4.19. The molecule has 0 radical (unpaired) electrons. The zero-order chi connectivity index (χ0) is 15.6. The van der Waals surface area contributed by atoms with E-state index in [1.54, 1.807) is 0 Å². The highest BCUT2D eigenvalue weighted by atomic mass is 35.5. The van der Waals surface area contributed by atoms with Gasteiger partial charge in [0.1, 0.15) is 0 Å². The molecule has 0 spiro atoms. The van der Waals surface area contributed by atoms with E-state index in [2.05, 4.69) is 5.32 Å². The molecule has 0 aliphatic rings. The molecular weight excluding hydrogens is 305 g/mol. The van der Waals surface area contributed by atoms with Gasteiger partial charge in [-0.1, -0.05) is 23.7 Å². The van der Waals surface area contributed by atoms with Gasteiger partial charge in [0.15, 0.2) is 0 Å². The van der Waals surface area contributed by atoms with E-state index in [4.69, 9.17) is 17.3 Å². The van der Waals surface area contributed by atoms with E-state index >= 15 is 0 Å². The lowest BCUT2D eigenvalue weighted by Gasteiger charge is -2.11. The smallest absolute Gasteiger partial charge is 0.397 e. The summed E-state index contributed by atoms with van der Waals surface area (Å²) >= 11 is 5.79. The number of anilines is 2. The number of hydrogen-bond donors (Lipinski definition) is 2. The first-order valence-corrected chi connectivity index (χ1v) is 6.19. The molecule has 2 rings (SSSR count). The molecule has 0 aromatic heterocycles. The third-order valence-corrected chi connectivity index (χ3v) is 3.07. The average Bonchev–Trinajstić information content (AvgIpc) is 2.41. The lowest BCUT2D eigenvalue weighted by molar-refractivity contribution is -0.137. The van der Waals surface area contributed by atoms with Crippen LogP contribution in [0.3, 0.4) is 0 Å². The van der Waals surface area contributed by atoms with Gasteiger partial charge in [0.25, 0.3) is 5.91 Å². The van der Waals surface area contributed by atoms with Gasteiger partial charge < -0.3 is 11.1 Å². The molecule has 0 aliphatic heterocycles. The van der Waals surface area contributed by atoms with Crippen LogP contribution in [0.4, 0.5) is 24.5 Å². The van der Waals surface area contributed by atoms with Gasteiger partial charge in [-0.05, 0) is 30.3 Å². The van der Waals surface area contributed by atoms with E-state index in [1.807, 2.05) is 0 Å². The van der Waals surface area contributed by atoms with E-state index in [-0.39, 0.29) is 22.0 Å². The van der Waals surface area contributed by atoms with E-state index in [1.165, 1.54) is 30.3 Å². The highest BCUT2D eigenvalue weighted by Crippen LogP contribution is 2.31. The van der Waals surface area contributed by atoms with Crippen molar-refractivity contribution in [2.45, 2.75) is 6.18 Å². The van der Waals surface area contributed by atoms with Crippen LogP contribution in [0.5, 0.6) is 0 Å². The molecule has 0 fully saturated rings. The Morgan fingerprint density at radius 3 is 2.48 bits per heavy atom. The zero-order valence-electron chi connectivity index (χ0n) is 10.5. The molecule has 0 atom stereocenters. The molecule has 0 unspecified atom stereocenters. The number of halogens is 4. The van der Waals surface area contributed by atoms with Crippen molar-refractivity contribution in [2.24, 2.45) is 0 Å². The number of para-hydroxylation sites is 1. The fourth-order valence-corrected chi connectivity index (χ4v) is 1.88. The number of carbonyl (C=O) groups is 1. The SMILES string of the molecule is Nc1c(Cl)cccc1C(=O)Nc1cccc(C(F)(F)F)c1. The lowest BCUT2D eigenvalue weighted by atomic mass is 10.1. The Bertz CT molecular complexity index is 686. The summed E-state index contributed by atoms with van der Waals surface area (Å²) in [7, 11) is 0. The Hall–Kier alpha value is -2.21. The summed E-state index contributed by atoms with van der Waals surface area (Å²) in [5.41, 5.74) is 5.01. The van der Waals surface area contributed by atoms with Crippen LogP contribution in [-0.4, -0.2) is 5.91 Å². The Kier molecular flexibility index (Phi) is 4.09. The van der Waals surface area contributed by atoms with Gasteiger partial charge >= 0.3 is 6.18 Å². The van der Waals surface area contributed by atoms with Gasteiger partial charge in [0.2, 0.25) is 0 Å². The zero-order valence-corrected chi connectivity index (χ0v) is 11.3. The quantitative estimate of drug-likeness (QED) is 0.816. The summed E-state index contributed by atoms with van der Waals surface area (Å²) in [6.07, 6.45) is -4.48. The van der Waals surface area contributed by atoms with Crippen molar-refractivity contribution in [2.75, 3.05) is 11.1 Å². The Morgan fingerprint density at radius 2 is 1.81 bits per heavy atom. The number of rotatable bonds is 2. The molecule has 0 saturated heterocycles. The Morgan fingerprint density at radius 1 is 1.14 bits per heavy atom. The summed E-state index contributed by atoms with van der Waals surface area (Å²) in [6.45, 7) is 0. The third-order valence-electron chi connectivity index (χ3n) is 2.75. The molecule has 0 aliphatic carbocycles. The summed E-state index contributed by atoms with van der Waals surface area (Å²) < 4.78 is 37.8. The maximum atomic E-state index is 12.6. The summed E-state index contributed by atoms with van der Waals surface area (Å²) in [5, 5.41) is 2.56. The Labute approximate surface area is 123 Å². The van der Waals surface area contributed by atoms with Crippen molar-refractivity contribution >= 4 is 28.9 Å². The van der Waals surface area contributed by atoms with Crippen LogP contribution in [0.25, 0.3) is 0 Å². The molecule has 3 nitrogen and oxygen atoms in total. The first kappa shape index (κ1) is 15.2. The molecule has 0 heterocycles. The fraction of sp³-hybridized carbons (Fsp3) is 0.0714. The average molecular weight is 315 g/mol. The molecule has 0 saturated carbocycles. The molecule has 1 amide bonds. The second kappa shape index (κ2) is 5.65. The van der Waals surface area contributed by atoms with Crippen LogP contribution >= 0.6 is 11.6 Å². The van der Waals surface area contributed by atoms with Crippen LogP contribution in [0, 0.1) is 0 Å². The number of nitrogens with two attached hydrogens (primary N) is 1. The van der Waals surface area contributed by atoms with E-state index in [0.717, 1.165) is 12.1 Å². The third kappa shape index (κ3) is 3.46. The molecule has 7 heteroatoms. The maximum Gasteiger partial charge on any atom is 0.416 e. The minimum atomic E-state index is -4.48. The van der Waals surface area contributed by atoms with Crippen molar-refractivity contribution < 1.29 is 18.0 Å². The predicted molar refractivity (Wildman–Crippen MR) is 75.3 cm³/mol. The van der Waals surface area contributed by atoms with Gasteiger partial charge in [0, 0.05) is 5.69 Å². The van der Waals surface area contributed by atoms with Gasteiger partial charge in [-0.15, -0.1) is 0 Å². The lowest BCUT2D eigenvalue weighted by Crippen LogP contribution is -2.15. The Balaban J connectivity index is 2.26. The van der Waals surface area contributed by atoms with Gasteiger partial charge in [0.05, 0.1) is 21.8 Å². The standard InChI is InChI=1S/C14H10ClF3N2O/c15-11-6-2-5-10(12(11)19)13(21)20-9-4-1-3-8(7-9)14(16,17)18/h1-7H,19H2,(H,20,21). The highest BCUT2D eigenvalue weighted by Gasteiger charge is 2.30. The number of alkyl halides is 3. The van der Waals surface area contributed by atoms with Crippen LogP contribution in [0.15, 0.2) is 42.5 Å². The topological polar surface area (TPSA) is 55.1 Å². The number of benzene rings is 2. The summed E-state index contributed by atoms with van der Waals surface area (Å²) in [5.74, 6) is -0.630. The minimum absolute atomic E-state index is 0.0224. The highest BCUT2D eigenvalue weighted by molar-refractivity contribution is 6.34. The van der Waals surface area contributed by atoms with Crippen molar-refractivity contribution in [3.05, 3.63) is 58.6 Å². The first-order valence-electron chi connectivity index (χ1n) is 5.81. The maximum absolute atomic E-state index is 12.6. The van der Waals surface area contributed by atoms with Crippen LogP contribution in [0.2, 0.25) is 5.02 Å². The van der Waals surface area contributed by atoms with E-state index in [0.29, 0.717) is 0 Å². The number of hydrogen-bond acceptors (Lipinski definition) is 2. The van der Waals surface area contributed by atoms with Gasteiger partial charge in [-0.3, -0.25) is 4.79 Å². The molecule has 21 heavy (non-hydrogen) atoms. The second-order valence-corrected chi connectivity index (χ2v) is 4.64. The van der Waals surface area contributed by atoms with Crippen LogP contribution in [-0.2, 0) is 6.18 Å². The normalized spacial score (nSPS) is 11.2. The molecule has 110 valence electrons. The molecule has 0 bridgehead atoms. The monoisotopic (exact) mass is 314 g/mol. The molecular formula is C14H10ClF3N2O. The summed E-state index contributed by atoms with van der Waals surface area (Å²) in [4.78, 5) is 12.0. The molecule has 2 aromatic rings. The van der Waals surface area contributed by atoms with Gasteiger partial charge in [-0.25, -0.2) is 0 Å². The van der Waals surface area contributed by atoms with Crippen LogP contribution < -0.4 is 11.1 Å². The first-order chi connectivity index (χ1) is 9.79. The number of nitrogen functional groups attached to an aromatic ring is 1. The number of carbonyl (C=O) groups excluding carboxylic acids is 1. The van der Waals surface area contributed by atoms with Crippen molar-refractivity contribution in [3.63, 3.8) is 0 Å². The van der Waals surface area contributed by atoms with E-state index < -0.39 is 17.6 Å². The summed E-state index contributed by atoms with van der Waals surface area (Å²) in [6, 6.07) is 8.80. The van der Waals surface area contributed by atoms with Crippen molar-refractivity contribution in [3.8, 4) is 0 Å². The fourth-order valence-electron chi connectivity index (χ4n) is 1.71.